The first kappa shape index (κ1) is 20.9. The first-order valence-electron chi connectivity index (χ1n) is 8.87. The van der Waals surface area contributed by atoms with Gasteiger partial charge >= 0.3 is 12.1 Å². The summed E-state index contributed by atoms with van der Waals surface area (Å²) in [6.07, 6.45) is -3.35. The Labute approximate surface area is 170 Å². The van der Waals surface area contributed by atoms with Gasteiger partial charge in [0, 0.05) is 18.3 Å². The van der Waals surface area contributed by atoms with Crippen LogP contribution in [-0.2, 0) is 17.5 Å². The predicted molar refractivity (Wildman–Crippen MR) is 104 cm³/mol. The third-order valence-electron chi connectivity index (χ3n) is 4.41. The first-order chi connectivity index (χ1) is 13.7. The van der Waals surface area contributed by atoms with E-state index < -0.39 is 17.8 Å². The number of nitrogens with zero attached hydrogens (tertiary/aromatic N) is 2. The highest BCUT2D eigenvalue weighted by atomic mass is 35.5. The quantitative estimate of drug-likeness (QED) is 0.491. The van der Waals surface area contributed by atoms with Gasteiger partial charge in [-0.2, -0.15) is 13.2 Å². The molecule has 0 amide bonds. The maximum atomic E-state index is 14.0. The maximum absolute atomic E-state index is 14.0. The highest BCUT2D eigenvalue weighted by Crippen LogP contribution is 2.41. The molecule has 2 aromatic heterocycles. The van der Waals surface area contributed by atoms with Crippen molar-refractivity contribution in [1.82, 2.24) is 9.55 Å². The van der Waals surface area contributed by atoms with E-state index in [1.165, 1.54) is 25.3 Å². The molecule has 0 bridgehead atoms. The van der Waals surface area contributed by atoms with Crippen molar-refractivity contribution in [3.05, 3.63) is 76.2 Å². The van der Waals surface area contributed by atoms with E-state index in [0.29, 0.717) is 10.6 Å². The SMILES string of the molecule is CCOC(=O)c1c(-c2ccc(Cl)cn2)c(C)c(C(F)(F)F)n1Cc1ccccc1. The summed E-state index contributed by atoms with van der Waals surface area (Å²) < 4.78 is 48.1. The fraction of sp³-hybridized carbons (Fsp3) is 0.238. The lowest BCUT2D eigenvalue weighted by atomic mass is 10.1. The largest absolute Gasteiger partial charge is 0.461 e. The molecule has 1 aromatic carbocycles. The monoisotopic (exact) mass is 422 g/mol. The van der Waals surface area contributed by atoms with Crippen molar-refractivity contribution in [2.45, 2.75) is 26.6 Å². The molecule has 0 spiro atoms. The number of hydrogen-bond acceptors (Lipinski definition) is 3. The molecular formula is C21H18ClF3N2O2. The number of hydrogen-bond donors (Lipinski definition) is 0. The van der Waals surface area contributed by atoms with Gasteiger partial charge in [-0.25, -0.2) is 4.79 Å². The summed E-state index contributed by atoms with van der Waals surface area (Å²) in [7, 11) is 0. The maximum Gasteiger partial charge on any atom is 0.431 e. The number of alkyl halides is 3. The smallest absolute Gasteiger partial charge is 0.431 e. The lowest BCUT2D eigenvalue weighted by Crippen LogP contribution is -2.20. The minimum atomic E-state index is -4.68. The minimum absolute atomic E-state index is 0.0310. The number of rotatable bonds is 5. The van der Waals surface area contributed by atoms with Crippen molar-refractivity contribution >= 4 is 17.6 Å². The summed E-state index contributed by atoms with van der Waals surface area (Å²) >= 11 is 5.87. The molecule has 3 rings (SSSR count). The van der Waals surface area contributed by atoms with Crippen molar-refractivity contribution in [2.75, 3.05) is 6.61 Å². The van der Waals surface area contributed by atoms with Crippen molar-refractivity contribution in [3.8, 4) is 11.3 Å². The van der Waals surface area contributed by atoms with Gasteiger partial charge in [-0.05, 0) is 37.1 Å². The molecule has 152 valence electrons. The average Bonchev–Trinajstić information content (AvgIpc) is 2.95. The van der Waals surface area contributed by atoms with Crippen molar-refractivity contribution in [3.63, 3.8) is 0 Å². The second kappa shape index (κ2) is 8.29. The minimum Gasteiger partial charge on any atom is -0.461 e. The lowest BCUT2D eigenvalue weighted by molar-refractivity contribution is -0.143. The van der Waals surface area contributed by atoms with Gasteiger partial charge in [-0.3, -0.25) is 4.98 Å². The van der Waals surface area contributed by atoms with Gasteiger partial charge in [0.25, 0.3) is 0 Å². The summed E-state index contributed by atoms with van der Waals surface area (Å²) in [4.78, 5) is 16.9. The zero-order valence-electron chi connectivity index (χ0n) is 15.8. The van der Waals surface area contributed by atoms with Crippen LogP contribution in [0.1, 0.15) is 34.2 Å². The molecule has 0 aliphatic heterocycles. The van der Waals surface area contributed by atoms with Gasteiger partial charge in [0.1, 0.15) is 11.4 Å². The van der Waals surface area contributed by atoms with E-state index in [0.717, 1.165) is 4.57 Å². The van der Waals surface area contributed by atoms with Crippen LogP contribution in [0.5, 0.6) is 0 Å². The number of ether oxygens (including phenoxy) is 1. The molecule has 0 saturated carbocycles. The number of benzene rings is 1. The molecule has 0 unspecified atom stereocenters. The molecule has 4 nitrogen and oxygen atoms in total. The standard InChI is InChI=1S/C21H18ClF3N2O2/c1-3-29-20(28)18-17(16-10-9-15(22)11-26-16)13(2)19(21(23,24)25)27(18)12-14-7-5-4-6-8-14/h4-11H,3,12H2,1-2H3. The lowest BCUT2D eigenvalue weighted by Gasteiger charge is -2.15. The van der Waals surface area contributed by atoms with Gasteiger partial charge in [-0.15, -0.1) is 0 Å². The zero-order chi connectivity index (χ0) is 21.2. The number of carbonyl (C=O) groups is 1. The summed E-state index contributed by atoms with van der Waals surface area (Å²) in [5, 5.41) is 0.337. The Kier molecular flexibility index (Phi) is 5.98. The van der Waals surface area contributed by atoms with Crippen molar-refractivity contribution < 1.29 is 22.7 Å². The van der Waals surface area contributed by atoms with Crippen LogP contribution in [0.3, 0.4) is 0 Å². The van der Waals surface area contributed by atoms with Crippen LogP contribution in [0.25, 0.3) is 11.3 Å². The summed E-state index contributed by atoms with van der Waals surface area (Å²) in [6, 6.07) is 11.6. The molecule has 0 aliphatic rings. The van der Waals surface area contributed by atoms with Crippen LogP contribution in [0.15, 0.2) is 48.7 Å². The van der Waals surface area contributed by atoms with Crippen molar-refractivity contribution in [2.24, 2.45) is 0 Å². The van der Waals surface area contributed by atoms with Gasteiger partial charge in [0.2, 0.25) is 0 Å². The van der Waals surface area contributed by atoms with Crippen LogP contribution in [0.4, 0.5) is 13.2 Å². The second-order valence-electron chi connectivity index (χ2n) is 6.35. The summed E-state index contributed by atoms with van der Waals surface area (Å²) in [6.45, 7) is 2.82. The Balaban J connectivity index is 2.32. The number of pyridine rings is 1. The van der Waals surface area contributed by atoms with Crippen LogP contribution < -0.4 is 0 Å². The zero-order valence-corrected chi connectivity index (χ0v) is 16.5. The van der Waals surface area contributed by atoms with E-state index in [9.17, 15) is 18.0 Å². The number of aromatic nitrogens is 2. The predicted octanol–water partition coefficient (Wildman–Crippen LogP) is 5.76. The van der Waals surface area contributed by atoms with Crippen LogP contribution in [0.2, 0.25) is 5.02 Å². The Morgan fingerprint density at radius 3 is 2.41 bits per heavy atom. The van der Waals surface area contributed by atoms with E-state index in [1.807, 2.05) is 0 Å². The van der Waals surface area contributed by atoms with E-state index in [4.69, 9.17) is 16.3 Å². The molecule has 29 heavy (non-hydrogen) atoms. The van der Waals surface area contributed by atoms with E-state index >= 15 is 0 Å². The highest BCUT2D eigenvalue weighted by Gasteiger charge is 2.41. The third-order valence-corrected chi connectivity index (χ3v) is 4.63. The van der Waals surface area contributed by atoms with Crippen LogP contribution in [0, 0.1) is 6.92 Å². The van der Waals surface area contributed by atoms with Gasteiger partial charge < -0.3 is 9.30 Å². The summed E-state index contributed by atoms with van der Waals surface area (Å²) in [5.74, 6) is -0.839. The molecule has 0 atom stereocenters. The Bertz CT molecular complexity index is 1010. The van der Waals surface area contributed by atoms with E-state index in [-0.39, 0.29) is 35.7 Å². The van der Waals surface area contributed by atoms with Gasteiger partial charge in [-0.1, -0.05) is 41.9 Å². The van der Waals surface area contributed by atoms with Gasteiger partial charge in [0.15, 0.2) is 0 Å². The first-order valence-corrected chi connectivity index (χ1v) is 9.25. The third kappa shape index (κ3) is 4.29. The molecule has 0 radical (unpaired) electrons. The highest BCUT2D eigenvalue weighted by molar-refractivity contribution is 6.30. The van der Waals surface area contributed by atoms with Crippen LogP contribution >= 0.6 is 11.6 Å². The topological polar surface area (TPSA) is 44.1 Å². The molecule has 0 fully saturated rings. The number of carbonyl (C=O) groups excluding carboxylic acids is 1. The fourth-order valence-corrected chi connectivity index (χ4v) is 3.40. The number of esters is 1. The fourth-order valence-electron chi connectivity index (χ4n) is 3.28. The van der Waals surface area contributed by atoms with Crippen LogP contribution in [-0.4, -0.2) is 22.1 Å². The number of halogens is 4. The second-order valence-corrected chi connectivity index (χ2v) is 6.79. The Hall–Kier alpha value is -2.80. The van der Waals surface area contributed by atoms with Gasteiger partial charge in [0.05, 0.1) is 17.3 Å². The average molecular weight is 423 g/mol. The molecule has 0 aliphatic carbocycles. The molecule has 3 aromatic rings. The molecule has 0 saturated heterocycles. The normalized spacial score (nSPS) is 11.5. The van der Waals surface area contributed by atoms with E-state index in [1.54, 1.807) is 37.3 Å². The molecular weight excluding hydrogens is 405 g/mol. The van der Waals surface area contributed by atoms with Crippen molar-refractivity contribution in [1.29, 1.82) is 0 Å². The molecule has 0 N–H and O–H groups in total. The Morgan fingerprint density at radius 2 is 1.86 bits per heavy atom. The Morgan fingerprint density at radius 1 is 1.17 bits per heavy atom. The summed E-state index contributed by atoms with van der Waals surface area (Å²) in [5.41, 5.74) is -0.261. The van der Waals surface area contributed by atoms with E-state index in [2.05, 4.69) is 4.98 Å². The molecule has 2 heterocycles. The molecule has 8 heteroatoms.